The Labute approximate surface area is 212 Å². The molecule has 1 aliphatic rings. The van der Waals surface area contributed by atoms with Crippen LogP contribution in [0.15, 0.2) is 120 Å². The number of hydrogen-bond donors (Lipinski definition) is 1. The van der Waals surface area contributed by atoms with Crippen molar-refractivity contribution in [3.05, 3.63) is 141 Å². The van der Waals surface area contributed by atoms with E-state index in [1.807, 2.05) is 72.8 Å². The van der Waals surface area contributed by atoms with Crippen LogP contribution in [0.1, 0.15) is 16.7 Å². The molecular formula is C31H20BrClO. The minimum Gasteiger partial charge on any atom is -0.376 e. The van der Waals surface area contributed by atoms with Crippen LogP contribution in [0.5, 0.6) is 0 Å². The van der Waals surface area contributed by atoms with Crippen molar-refractivity contribution >= 4 is 27.5 Å². The van der Waals surface area contributed by atoms with Crippen molar-refractivity contribution in [2.24, 2.45) is 0 Å². The molecule has 0 fully saturated rings. The van der Waals surface area contributed by atoms with Crippen LogP contribution in [0.25, 0.3) is 33.4 Å². The summed E-state index contributed by atoms with van der Waals surface area (Å²) in [7, 11) is 0. The van der Waals surface area contributed by atoms with Crippen molar-refractivity contribution in [1.29, 1.82) is 0 Å². The van der Waals surface area contributed by atoms with Crippen LogP contribution < -0.4 is 0 Å². The monoisotopic (exact) mass is 522 g/mol. The van der Waals surface area contributed by atoms with Gasteiger partial charge >= 0.3 is 0 Å². The summed E-state index contributed by atoms with van der Waals surface area (Å²) in [6.45, 7) is 0. The highest BCUT2D eigenvalue weighted by Gasteiger charge is 2.41. The van der Waals surface area contributed by atoms with Crippen LogP contribution in [0.4, 0.5) is 0 Å². The quantitative estimate of drug-likeness (QED) is 0.245. The van der Waals surface area contributed by atoms with Crippen LogP contribution in [0, 0.1) is 0 Å². The summed E-state index contributed by atoms with van der Waals surface area (Å²) in [5, 5.41) is 13.6. The van der Waals surface area contributed by atoms with Gasteiger partial charge in [0.25, 0.3) is 0 Å². The molecule has 0 bridgehead atoms. The topological polar surface area (TPSA) is 20.2 Å². The summed E-state index contributed by atoms with van der Waals surface area (Å²) in [5.74, 6) is 0. The molecule has 0 saturated carbocycles. The van der Waals surface area contributed by atoms with E-state index < -0.39 is 5.60 Å². The largest absolute Gasteiger partial charge is 0.376 e. The summed E-state index contributed by atoms with van der Waals surface area (Å²) >= 11 is 9.84. The highest BCUT2D eigenvalue weighted by atomic mass is 79.9. The SMILES string of the molecule is OC1(c2ccccc2-c2ccc(Cl)cc2)c2ccccc2-c2ccccc2-c2cc(Br)ccc21. The highest BCUT2D eigenvalue weighted by molar-refractivity contribution is 9.10. The molecular weight excluding hydrogens is 504 g/mol. The summed E-state index contributed by atoms with van der Waals surface area (Å²) in [4.78, 5) is 0. The van der Waals surface area contributed by atoms with E-state index >= 15 is 0 Å². The second kappa shape index (κ2) is 8.25. The molecule has 1 nitrogen and oxygen atoms in total. The molecule has 0 aliphatic heterocycles. The molecule has 0 radical (unpaired) electrons. The van der Waals surface area contributed by atoms with Crippen molar-refractivity contribution in [2.45, 2.75) is 5.60 Å². The molecule has 0 aromatic heterocycles. The van der Waals surface area contributed by atoms with E-state index in [9.17, 15) is 5.11 Å². The Morgan fingerprint density at radius 3 is 1.71 bits per heavy atom. The maximum Gasteiger partial charge on any atom is 0.142 e. The molecule has 1 unspecified atom stereocenters. The first kappa shape index (κ1) is 21.4. The zero-order valence-electron chi connectivity index (χ0n) is 18.2. The van der Waals surface area contributed by atoms with Crippen molar-refractivity contribution in [2.75, 3.05) is 0 Å². The Balaban J connectivity index is 1.75. The normalized spacial score (nSPS) is 16.2. The first-order valence-corrected chi connectivity index (χ1v) is 12.3. The van der Waals surface area contributed by atoms with Crippen LogP contribution in [0.2, 0.25) is 5.02 Å². The van der Waals surface area contributed by atoms with E-state index in [-0.39, 0.29) is 0 Å². The zero-order chi connectivity index (χ0) is 23.3. The number of rotatable bonds is 2. The second-order valence-electron chi connectivity index (χ2n) is 8.54. The van der Waals surface area contributed by atoms with Crippen LogP contribution in [0.3, 0.4) is 0 Å². The standard InChI is InChI=1S/C31H20BrClO/c32-21-15-18-30-27(19-21)25-9-2-1-8-24(25)26-10-4-6-12-29(26)31(30,34)28-11-5-3-7-23(28)20-13-16-22(33)17-14-20/h1-19,34H. The van der Waals surface area contributed by atoms with E-state index in [4.69, 9.17) is 11.6 Å². The summed E-state index contributed by atoms with van der Waals surface area (Å²) in [6.07, 6.45) is 0. The number of halogens is 2. The number of aliphatic hydroxyl groups is 1. The van der Waals surface area contributed by atoms with Crippen LogP contribution in [-0.4, -0.2) is 5.11 Å². The highest BCUT2D eigenvalue weighted by Crippen LogP contribution is 2.52. The van der Waals surface area contributed by atoms with Gasteiger partial charge in [0.05, 0.1) is 0 Å². The molecule has 164 valence electrons. The minimum absolute atomic E-state index is 0.686. The Hall–Kier alpha value is -3.17. The molecule has 6 rings (SSSR count). The van der Waals surface area contributed by atoms with E-state index in [1.54, 1.807) is 0 Å². The van der Waals surface area contributed by atoms with Gasteiger partial charge in [-0.1, -0.05) is 119 Å². The molecule has 0 heterocycles. The average Bonchev–Trinajstić information content (AvgIpc) is 2.97. The van der Waals surface area contributed by atoms with Crippen molar-refractivity contribution in [3.63, 3.8) is 0 Å². The first-order chi connectivity index (χ1) is 16.6. The van der Waals surface area contributed by atoms with Gasteiger partial charge in [-0.05, 0) is 57.6 Å². The molecule has 5 aromatic carbocycles. The maximum absolute atomic E-state index is 12.9. The van der Waals surface area contributed by atoms with Gasteiger partial charge in [0, 0.05) is 26.2 Å². The van der Waals surface area contributed by atoms with Gasteiger partial charge in [0.1, 0.15) is 5.60 Å². The van der Waals surface area contributed by atoms with Crippen LogP contribution in [-0.2, 0) is 5.60 Å². The van der Waals surface area contributed by atoms with Gasteiger partial charge in [-0.25, -0.2) is 0 Å². The third-order valence-corrected chi connectivity index (χ3v) is 7.41. The van der Waals surface area contributed by atoms with Crippen LogP contribution >= 0.6 is 27.5 Å². The lowest BCUT2D eigenvalue weighted by Gasteiger charge is -2.33. The number of benzene rings is 5. The molecule has 1 atom stereocenters. The molecule has 3 heteroatoms. The fourth-order valence-corrected chi connectivity index (χ4v) is 5.64. The Morgan fingerprint density at radius 1 is 0.529 bits per heavy atom. The van der Waals surface area contributed by atoms with Gasteiger partial charge in [-0.15, -0.1) is 0 Å². The molecule has 5 aromatic rings. The molecule has 1 N–H and O–H groups in total. The number of fused-ring (bicyclic) bond motifs is 5. The second-order valence-corrected chi connectivity index (χ2v) is 9.90. The predicted octanol–water partition coefficient (Wildman–Crippen LogP) is 8.70. The lowest BCUT2D eigenvalue weighted by atomic mass is 9.75. The lowest BCUT2D eigenvalue weighted by molar-refractivity contribution is 0.128. The van der Waals surface area contributed by atoms with Crippen molar-refractivity contribution < 1.29 is 5.11 Å². The van der Waals surface area contributed by atoms with E-state index in [1.165, 1.54) is 0 Å². The Kier molecular flexibility index (Phi) is 5.18. The minimum atomic E-state index is -1.37. The van der Waals surface area contributed by atoms with Gasteiger partial charge in [-0.3, -0.25) is 0 Å². The smallest absolute Gasteiger partial charge is 0.142 e. The maximum atomic E-state index is 12.9. The first-order valence-electron chi connectivity index (χ1n) is 11.1. The summed E-state index contributed by atoms with van der Waals surface area (Å²) < 4.78 is 0.973. The molecule has 34 heavy (non-hydrogen) atoms. The average molecular weight is 524 g/mol. The molecule has 1 aliphatic carbocycles. The van der Waals surface area contributed by atoms with Crippen molar-refractivity contribution in [1.82, 2.24) is 0 Å². The van der Waals surface area contributed by atoms with E-state index in [2.05, 4.69) is 58.4 Å². The van der Waals surface area contributed by atoms with Gasteiger partial charge in [0.15, 0.2) is 0 Å². The fourth-order valence-electron chi connectivity index (χ4n) is 5.16. The lowest BCUT2D eigenvalue weighted by Crippen LogP contribution is -2.30. The fraction of sp³-hybridized carbons (Fsp3) is 0.0323. The Morgan fingerprint density at radius 2 is 1.03 bits per heavy atom. The summed E-state index contributed by atoms with van der Waals surface area (Å²) in [5.41, 5.74) is 7.40. The summed E-state index contributed by atoms with van der Waals surface area (Å²) in [6, 6.07) is 38.6. The third kappa shape index (κ3) is 3.25. The third-order valence-electron chi connectivity index (χ3n) is 6.67. The van der Waals surface area contributed by atoms with E-state index in [0.717, 1.165) is 54.5 Å². The number of hydrogen-bond acceptors (Lipinski definition) is 1. The van der Waals surface area contributed by atoms with Gasteiger partial charge in [0.2, 0.25) is 0 Å². The molecule has 0 spiro atoms. The van der Waals surface area contributed by atoms with Crippen molar-refractivity contribution in [3.8, 4) is 33.4 Å². The van der Waals surface area contributed by atoms with Gasteiger partial charge in [-0.2, -0.15) is 0 Å². The molecule has 0 amide bonds. The Bertz CT molecular complexity index is 1540. The molecule has 0 saturated heterocycles. The van der Waals surface area contributed by atoms with Gasteiger partial charge < -0.3 is 5.11 Å². The zero-order valence-corrected chi connectivity index (χ0v) is 20.5. The van der Waals surface area contributed by atoms with E-state index in [0.29, 0.717) is 5.02 Å². The predicted molar refractivity (Wildman–Crippen MR) is 144 cm³/mol.